The molecule has 9 heteroatoms. The largest absolute Gasteiger partial charge is 0.481 e. The highest BCUT2D eigenvalue weighted by Crippen LogP contribution is 2.23. The summed E-state index contributed by atoms with van der Waals surface area (Å²) in [7, 11) is 1.96. The lowest BCUT2D eigenvalue weighted by Crippen LogP contribution is -2.42. The van der Waals surface area contributed by atoms with Gasteiger partial charge in [0.25, 0.3) is 0 Å². The second-order valence-corrected chi connectivity index (χ2v) is 7.47. The Morgan fingerprint density at radius 1 is 0.893 bits per heavy atom. The van der Waals surface area contributed by atoms with Crippen LogP contribution >= 0.6 is 0 Å². The topological polar surface area (TPSA) is 122 Å². The molecule has 0 radical (unpaired) electrons. The van der Waals surface area contributed by atoms with E-state index in [0.29, 0.717) is 45.6 Å². The first-order chi connectivity index (χ1) is 13.2. The van der Waals surface area contributed by atoms with Crippen LogP contribution in [-0.2, 0) is 14.4 Å². The predicted molar refractivity (Wildman–Crippen MR) is 104 cm³/mol. The van der Waals surface area contributed by atoms with Gasteiger partial charge in [-0.05, 0) is 38.8 Å². The quantitative estimate of drug-likeness (QED) is 0.526. The van der Waals surface area contributed by atoms with Gasteiger partial charge >= 0.3 is 17.9 Å². The minimum Gasteiger partial charge on any atom is -0.481 e. The molecule has 9 nitrogen and oxygen atoms in total. The Morgan fingerprint density at radius 2 is 1.43 bits per heavy atom. The Kier molecular flexibility index (Phi) is 10.7. The van der Waals surface area contributed by atoms with Crippen molar-refractivity contribution >= 4 is 17.9 Å². The summed E-state index contributed by atoms with van der Waals surface area (Å²) in [5, 5.41) is 27.3. The Labute approximate surface area is 166 Å². The zero-order chi connectivity index (χ0) is 21.1. The summed E-state index contributed by atoms with van der Waals surface area (Å²) in [6, 6.07) is 0. The molecule has 0 spiro atoms. The minimum atomic E-state index is -0.929. The van der Waals surface area contributed by atoms with Gasteiger partial charge in [0.2, 0.25) is 0 Å². The average molecular weight is 399 g/mol. The molecule has 1 aliphatic rings. The van der Waals surface area contributed by atoms with Crippen molar-refractivity contribution in [1.29, 1.82) is 0 Å². The van der Waals surface area contributed by atoms with E-state index in [2.05, 4.69) is 11.5 Å². The molecule has 0 aliphatic carbocycles. The zero-order valence-electron chi connectivity index (χ0n) is 16.7. The molecular weight excluding hydrogens is 366 g/mol. The van der Waals surface area contributed by atoms with Crippen LogP contribution < -0.4 is 0 Å². The van der Waals surface area contributed by atoms with Crippen molar-refractivity contribution in [2.45, 2.75) is 25.7 Å². The Hall–Kier alpha value is -1.97. The molecule has 1 rings (SSSR count). The molecule has 3 N–H and O–H groups in total. The minimum absolute atomic E-state index is 0.0705. The number of carboxylic acid groups (broad SMARTS) is 3. The summed E-state index contributed by atoms with van der Waals surface area (Å²) in [6.45, 7) is 7.41. The summed E-state index contributed by atoms with van der Waals surface area (Å²) in [5.74, 6) is -2.59. The van der Waals surface area contributed by atoms with Crippen molar-refractivity contribution in [3.63, 3.8) is 0 Å². The van der Waals surface area contributed by atoms with Crippen molar-refractivity contribution in [1.82, 2.24) is 14.7 Å². The Balaban J connectivity index is 2.87. The van der Waals surface area contributed by atoms with Crippen molar-refractivity contribution < 1.29 is 29.7 Å². The molecule has 1 aliphatic heterocycles. The lowest BCUT2D eigenvalue weighted by atomic mass is 9.89. The number of rotatable bonds is 7. The summed E-state index contributed by atoms with van der Waals surface area (Å²) in [4.78, 5) is 39.0. The van der Waals surface area contributed by atoms with E-state index < -0.39 is 17.9 Å². The molecule has 160 valence electrons. The number of carbonyl (C=O) groups is 3. The van der Waals surface area contributed by atoms with Gasteiger partial charge in [-0.2, -0.15) is 0 Å². The normalized spacial score (nSPS) is 22.0. The third-order valence-corrected chi connectivity index (χ3v) is 5.14. The van der Waals surface area contributed by atoms with Gasteiger partial charge in [0, 0.05) is 39.1 Å². The van der Waals surface area contributed by atoms with Crippen LogP contribution in [0.15, 0.2) is 12.2 Å². The molecule has 1 unspecified atom stereocenters. The van der Waals surface area contributed by atoms with E-state index in [9.17, 15) is 14.4 Å². The molecule has 0 saturated carbocycles. The van der Waals surface area contributed by atoms with E-state index in [4.69, 9.17) is 15.3 Å². The number of hydrogen-bond donors (Lipinski definition) is 3. The van der Waals surface area contributed by atoms with Gasteiger partial charge in [-0.1, -0.05) is 12.2 Å². The third-order valence-electron chi connectivity index (χ3n) is 5.14. The SMILES string of the molecule is C=C1CCN(CC(=O)O)CCN(CC(=O)O)CCN(C)CCC1CCC(=O)O. The summed E-state index contributed by atoms with van der Waals surface area (Å²) in [6.07, 6.45) is 1.98. The van der Waals surface area contributed by atoms with Gasteiger partial charge in [-0.3, -0.25) is 24.2 Å². The first-order valence-corrected chi connectivity index (χ1v) is 9.63. The van der Waals surface area contributed by atoms with Gasteiger partial charge < -0.3 is 20.2 Å². The first kappa shape index (κ1) is 24.1. The standard InChI is InChI=1S/C19H33N3O6/c1-15-5-8-21(13-18(25)26)11-12-22(14-19(27)28)10-9-20(2)7-6-16(15)3-4-17(23)24/h16H,1,3-14H2,2H3,(H,23,24)(H,25,26)(H,27,28). The van der Waals surface area contributed by atoms with E-state index in [1.54, 1.807) is 4.90 Å². The van der Waals surface area contributed by atoms with E-state index in [0.717, 1.165) is 18.5 Å². The van der Waals surface area contributed by atoms with Crippen LogP contribution in [0.1, 0.15) is 25.7 Å². The van der Waals surface area contributed by atoms with Crippen LogP contribution in [0.25, 0.3) is 0 Å². The molecule has 1 atom stereocenters. The van der Waals surface area contributed by atoms with Crippen molar-refractivity contribution in [3.8, 4) is 0 Å². The van der Waals surface area contributed by atoms with Gasteiger partial charge in [-0.25, -0.2) is 0 Å². The molecular formula is C19H33N3O6. The van der Waals surface area contributed by atoms with Crippen molar-refractivity contribution in [2.24, 2.45) is 5.92 Å². The molecule has 0 amide bonds. The second-order valence-electron chi connectivity index (χ2n) is 7.47. The first-order valence-electron chi connectivity index (χ1n) is 9.63. The number of aliphatic carboxylic acids is 3. The molecule has 1 heterocycles. The lowest BCUT2D eigenvalue weighted by molar-refractivity contribution is -0.140. The summed E-state index contributed by atoms with van der Waals surface area (Å²) < 4.78 is 0. The second kappa shape index (κ2) is 12.5. The lowest BCUT2D eigenvalue weighted by Gasteiger charge is -2.27. The number of carboxylic acids is 3. The van der Waals surface area contributed by atoms with Crippen LogP contribution in [0.4, 0.5) is 0 Å². The van der Waals surface area contributed by atoms with Crippen LogP contribution in [0.5, 0.6) is 0 Å². The molecule has 28 heavy (non-hydrogen) atoms. The van der Waals surface area contributed by atoms with E-state index in [-0.39, 0.29) is 25.4 Å². The number of likely N-dealkylation sites (N-methyl/N-ethyl adjacent to an activating group) is 1. The van der Waals surface area contributed by atoms with Gasteiger partial charge in [-0.15, -0.1) is 0 Å². The highest BCUT2D eigenvalue weighted by molar-refractivity contribution is 5.69. The molecule has 0 aromatic carbocycles. The monoisotopic (exact) mass is 399 g/mol. The van der Waals surface area contributed by atoms with Crippen molar-refractivity contribution in [2.75, 3.05) is 59.4 Å². The maximum atomic E-state index is 11.2. The smallest absolute Gasteiger partial charge is 0.317 e. The summed E-state index contributed by atoms with van der Waals surface area (Å²) >= 11 is 0. The molecule has 1 fully saturated rings. The molecule has 1 saturated heterocycles. The highest BCUT2D eigenvalue weighted by atomic mass is 16.4. The maximum absolute atomic E-state index is 11.2. The van der Waals surface area contributed by atoms with Crippen LogP contribution in [0, 0.1) is 5.92 Å². The van der Waals surface area contributed by atoms with Gasteiger partial charge in [0.1, 0.15) is 0 Å². The average Bonchev–Trinajstić information content (AvgIpc) is 2.60. The summed E-state index contributed by atoms with van der Waals surface area (Å²) in [5.41, 5.74) is 0.951. The van der Waals surface area contributed by atoms with E-state index in [1.807, 2.05) is 11.9 Å². The van der Waals surface area contributed by atoms with Crippen molar-refractivity contribution in [3.05, 3.63) is 12.2 Å². The zero-order valence-corrected chi connectivity index (χ0v) is 16.7. The molecule has 0 aromatic heterocycles. The van der Waals surface area contributed by atoms with Crippen LogP contribution in [0.3, 0.4) is 0 Å². The maximum Gasteiger partial charge on any atom is 0.317 e. The van der Waals surface area contributed by atoms with E-state index in [1.165, 1.54) is 0 Å². The van der Waals surface area contributed by atoms with Crippen LogP contribution in [-0.4, -0.2) is 107 Å². The number of nitrogens with zero attached hydrogens (tertiary/aromatic N) is 3. The highest BCUT2D eigenvalue weighted by Gasteiger charge is 2.20. The number of hydrogen-bond acceptors (Lipinski definition) is 6. The van der Waals surface area contributed by atoms with Gasteiger partial charge in [0.05, 0.1) is 13.1 Å². The Morgan fingerprint density at radius 3 is 1.96 bits per heavy atom. The van der Waals surface area contributed by atoms with Crippen LogP contribution in [0.2, 0.25) is 0 Å². The van der Waals surface area contributed by atoms with E-state index >= 15 is 0 Å². The fraction of sp³-hybridized carbons (Fsp3) is 0.737. The third kappa shape index (κ3) is 10.4. The Bertz CT molecular complexity index is 554. The van der Waals surface area contributed by atoms with Gasteiger partial charge in [0.15, 0.2) is 0 Å². The fourth-order valence-corrected chi connectivity index (χ4v) is 3.36. The molecule has 0 bridgehead atoms. The fourth-order valence-electron chi connectivity index (χ4n) is 3.36. The predicted octanol–water partition coefficient (Wildman–Crippen LogP) is 0.522. The molecule has 0 aromatic rings.